The second-order valence-corrected chi connectivity index (χ2v) is 21.7. The maximum absolute atomic E-state index is 13.5. The van der Waals surface area contributed by atoms with Crippen LogP contribution in [0.3, 0.4) is 0 Å². The predicted octanol–water partition coefficient (Wildman–Crippen LogP) is 0.160. The van der Waals surface area contributed by atoms with Crippen molar-refractivity contribution in [2.75, 3.05) is 165 Å². The lowest BCUT2D eigenvalue weighted by molar-refractivity contribution is -0.167. The van der Waals surface area contributed by atoms with E-state index in [1.807, 2.05) is 12.1 Å². The highest BCUT2D eigenvalue weighted by atomic mass is 16.6. The predicted molar refractivity (Wildman–Crippen MR) is 334 cm³/mol. The van der Waals surface area contributed by atoms with E-state index in [9.17, 15) is 62.3 Å². The average Bonchev–Trinajstić information content (AvgIpc) is 0.949. The Kier molecular flexibility index (Phi) is 43.7. The molecule has 32 heteroatoms. The molecule has 0 atom stereocenters. The molecule has 0 aliphatic heterocycles. The van der Waals surface area contributed by atoms with Gasteiger partial charge in [-0.1, -0.05) is 30.3 Å². The first kappa shape index (κ1) is 83.7. The van der Waals surface area contributed by atoms with E-state index in [1.54, 1.807) is 18.2 Å². The minimum absolute atomic E-state index is 0.0328. The number of esters is 6. The van der Waals surface area contributed by atoms with E-state index < -0.39 is 70.3 Å². The normalized spacial score (nSPS) is 11.1. The molecule has 0 heterocycles. The van der Waals surface area contributed by atoms with Gasteiger partial charge >= 0.3 is 35.8 Å². The zero-order chi connectivity index (χ0) is 70.8. The third-order valence-electron chi connectivity index (χ3n) is 12.9. The van der Waals surface area contributed by atoms with Gasteiger partial charge < -0.3 is 92.9 Å². The largest absolute Gasteiger partial charge is 0.465 e. The van der Waals surface area contributed by atoms with Crippen LogP contribution in [0.4, 0.5) is 0 Å². The molecule has 2 aromatic rings. The minimum atomic E-state index is -1.29. The summed E-state index contributed by atoms with van der Waals surface area (Å²) in [6, 6.07) is 11.8. The monoisotopic (exact) mass is 1360 g/mol. The van der Waals surface area contributed by atoms with Gasteiger partial charge in [0.2, 0.25) is 23.6 Å². The van der Waals surface area contributed by atoms with Crippen LogP contribution in [-0.2, 0) is 139 Å². The fourth-order valence-electron chi connectivity index (χ4n) is 7.87. The summed E-state index contributed by atoms with van der Waals surface area (Å²) in [5, 5.41) is 13.6. The lowest BCUT2D eigenvalue weighted by Crippen LogP contribution is -2.43. The van der Waals surface area contributed by atoms with E-state index in [2.05, 4.69) is 26.6 Å². The van der Waals surface area contributed by atoms with Gasteiger partial charge in [-0.05, 0) is 35.2 Å². The minimum Gasteiger partial charge on any atom is -0.465 e. The summed E-state index contributed by atoms with van der Waals surface area (Å²) in [5.41, 5.74) is 0.0522. The molecule has 0 aliphatic rings. The first-order valence-corrected chi connectivity index (χ1v) is 30.9. The van der Waals surface area contributed by atoms with Crippen LogP contribution in [0.5, 0.6) is 0 Å². The topological polar surface area (TPSA) is 411 Å². The van der Waals surface area contributed by atoms with E-state index in [0.717, 1.165) is 11.8 Å². The molecule has 2 rings (SSSR count). The maximum Gasteiger partial charge on any atom is 0.302 e. The molecule has 96 heavy (non-hydrogen) atoms. The van der Waals surface area contributed by atoms with Gasteiger partial charge in [0.05, 0.1) is 96.7 Å². The van der Waals surface area contributed by atoms with Gasteiger partial charge in [-0.15, -0.1) is 0 Å². The average molecular weight is 1360 g/mol. The number of ether oxygens (including phenoxy) is 14. The molecule has 536 valence electrons. The molecule has 0 bridgehead atoms. The van der Waals surface area contributed by atoms with Crippen molar-refractivity contribution in [3.05, 3.63) is 70.3 Å². The standard InChI is InChI=1S/C64H93N5O27/c1-46(71)91-40-63(41-92-47(2)72,42-93-48(3)73)38-89-18-13-58(78)68-32-54-29-55(33-69-59(79)14-19-90-39-64(43-94-49(4)74,44-95-50(5)75)45-96-51(6)76)31-56(30-54)62(82)67-17-22-85-25-28-88-37-61(81)66-16-21-84-24-27-87-36-60(80)65-15-20-83-23-26-86-35-57(77)12-11-52-7-9-53(34-70)10-8-52/h7-10,29-31,34H,11-28,32-33,35-45H2,1-6H3,(H,65,80)(H,66,81)(H,67,82)(H,68,78)(H,69,79). The molecule has 0 aliphatic carbocycles. The van der Waals surface area contributed by atoms with E-state index in [0.29, 0.717) is 29.5 Å². The van der Waals surface area contributed by atoms with Crippen molar-refractivity contribution < 1.29 is 129 Å². The molecule has 0 saturated heterocycles. The summed E-state index contributed by atoms with van der Waals surface area (Å²) >= 11 is 0. The number of rotatable bonds is 55. The van der Waals surface area contributed by atoms with Crippen LogP contribution in [0, 0.1) is 10.8 Å². The molecule has 0 saturated carbocycles. The summed E-state index contributed by atoms with van der Waals surface area (Å²) in [5.74, 6) is -6.13. The Hall–Kier alpha value is -8.37. The fourth-order valence-corrected chi connectivity index (χ4v) is 7.87. The second-order valence-electron chi connectivity index (χ2n) is 21.7. The lowest BCUT2D eigenvalue weighted by atomic mass is 9.92. The van der Waals surface area contributed by atoms with E-state index in [1.165, 1.54) is 53.7 Å². The molecule has 5 amide bonds. The van der Waals surface area contributed by atoms with Crippen LogP contribution < -0.4 is 26.6 Å². The highest BCUT2D eigenvalue weighted by Gasteiger charge is 2.37. The van der Waals surface area contributed by atoms with E-state index in [4.69, 9.17) is 66.3 Å². The van der Waals surface area contributed by atoms with Crippen LogP contribution >= 0.6 is 0 Å². The first-order valence-electron chi connectivity index (χ1n) is 30.9. The van der Waals surface area contributed by atoms with Crippen molar-refractivity contribution in [3.8, 4) is 0 Å². The molecule has 0 radical (unpaired) electrons. The molecular weight excluding hydrogens is 1270 g/mol. The van der Waals surface area contributed by atoms with Gasteiger partial charge in [0.1, 0.15) is 65.7 Å². The molecule has 5 N–H and O–H groups in total. The molecule has 0 fully saturated rings. The Morgan fingerprint density at radius 3 is 1.07 bits per heavy atom. The zero-order valence-corrected chi connectivity index (χ0v) is 55.6. The third kappa shape index (κ3) is 42.9. The molecule has 2 aromatic carbocycles. The number of ketones is 1. The van der Waals surface area contributed by atoms with Crippen molar-refractivity contribution in [2.45, 2.75) is 80.3 Å². The molecule has 0 unspecified atom stereocenters. The maximum atomic E-state index is 13.5. The SMILES string of the molecule is CC(=O)OCC(COCCC(=O)NCc1cc(CNC(=O)CCOCC(COC(C)=O)(COC(C)=O)COC(C)=O)cc(C(=O)NCCOCCOCC(=O)NCCOCCOCC(=O)NCCOCCOCC(=O)CCc2ccc(C=O)cc2)c1)(COC(C)=O)COC(C)=O. The molecule has 32 nitrogen and oxygen atoms in total. The van der Waals surface area contributed by atoms with Crippen molar-refractivity contribution in [1.29, 1.82) is 0 Å². The van der Waals surface area contributed by atoms with Gasteiger partial charge in [-0.25, -0.2) is 0 Å². The Balaban J connectivity index is 1.81. The van der Waals surface area contributed by atoms with Crippen molar-refractivity contribution in [1.82, 2.24) is 26.6 Å². The van der Waals surface area contributed by atoms with E-state index in [-0.39, 0.29) is 208 Å². The molecule has 0 aromatic heterocycles. The van der Waals surface area contributed by atoms with E-state index >= 15 is 0 Å². The van der Waals surface area contributed by atoms with Crippen LogP contribution in [-0.4, -0.2) is 242 Å². The first-order chi connectivity index (χ1) is 45.9. The quantitative estimate of drug-likeness (QED) is 0.0255. The van der Waals surface area contributed by atoms with Crippen LogP contribution in [0.15, 0.2) is 42.5 Å². The summed E-state index contributed by atoms with van der Waals surface area (Å²) in [4.78, 5) is 157. The van der Waals surface area contributed by atoms with Crippen molar-refractivity contribution in [3.63, 3.8) is 0 Å². The van der Waals surface area contributed by atoms with Crippen molar-refractivity contribution in [2.24, 2.45) is 10.8 Å². The number of amides is 5. The van der Waals surface area contributed by atoms with Gasteiger partial charge in [0.25, 0.3) is 5.91 Å². The number of benzene rings is 2. The second kappa shape index (κ2) is 50.1. The number of hydrogen-bond donors (Lipinski definition) is 5. The van der Waals surface area contributed by atoms with Gasteiger partial charge in [0.15, 0.2) is 5.78 Å². The summed E-state index contributed by atoms with van der Waals surface area (Å²) in [6.45, 7) is 5.53. The Morgan fingerprint density at radius 1 is 0.354 bits per heavy atom. The third-order valence-corrected chi connectivity index (χ3v) is 12.9. The Morgan fingerprint density at radius 2 is 0.708 bits per heavy atom. The summed E-state index contributed by atoms with van der Waals surface area (Å²) in [6.07, 6.45) is 1.28. The number of carbonyl (C=O) groups is 13. The highest BCUT2D eigenvalue weighted by Crippen LogP contribution is 2.23. The Labute approximate surface area is 557 Å². The van der Waals surface area contributed by atoms with Gasteiger partial charge in [-0.2, -0.15) is 0 Å². The van der Waals surface area contributed by atoms with Gasteiger partial charge in [0, 0.05) is 105 Å². The number of Topliss-reactive ketones (excluding diaryl/α,β-unsaturated/α-hetero) is 1. The fraction of sp³-hybridized carbons (Fsp3) is 0.609. The number of aldehydes is 1. The molecule has 0 spiro atoms. The number of hydrogen-bond acceptors (Lipinski definition) is 27. The smallest absolute Gasteiger partial charge is 0.302 e. The lowest BCUT2D eigenvalue weighted by Gasteiger charge is -2.31. The Bertz CT molecular complexity index is 2570. The zero-order valence-electron chi connectivity index (χ0n) is 55.6. The summed E-state index contributed by atoms with van der Waals surface area (Å²) in [7, 11) is 0. The van der Waals surface area contributed by atoms with Crippen molar-refractivity contribution >= 4 is 77.4 Å². The van der Waals surface area contributed by atoms with Crippen LogP contribution in [0.2, 0.25) is 0 Å². The van der Waals surface area contributed by atoms with Crippen LogP contribution in [0.1, 0.15) is 98.2 Å². The molecular formula is C64H93N5O27. The van der Waals surface area contributed by atoms with Crippen LogP contribution in [0.25, 0.3) is 0 Å². The van der Waals surface area contributed by atoms with Gasteiger partial charge in [-0.3, -0.25) is 62.3 Å². The summed E-state index contributed by atoms with van der Waals surface area (Å²) < 4.78 is 74.9. The number of aryl methyl sites for hydroxylation is 1. The number of nitrogens with one attached hydrogen (secondary N) is 5. The number of carbonyl (C=O) groups excluding carboxylic acids is 13. The highest BCUT2D eigenvalue weighted by molar-refractivity contribution is 5.94.